The summed E-state index contributed by atoms with van der Waals surface area (Å²) in [6, 6.07) is 26.6. The van der Waals surface area contributed by atoms with E-state index >= 15 is 0 Å². The minimum atomic E-state index is -2.60. The molecule has 0 unspecified atom stereocenters. The fourth-order valence-electron chi connectivity index (χ4n) is 4.90. The summed E-state index contributed by atoms with van der Waals surface area (Å²) in [6.07, 6.45) is 10.9. The SMILES string of the molecule is [B][Si](c1ccccc1)(c1ccccc1)c1ccc(CCCC)c(CCCC)c1CCCC. The highest BCUT2D eigenvalue weighted by Crippen LogP contribution is 2.23. The van der Waals surface area contributed by atoms with Crippen molar-refractivity contribution in [1.29, 1.82) is 0 Å². The molecule has 0 saturated heterocycles. The summed E-state index contributed by atoms with van der Waals surface area (Å²) in [7, 11) is 5.02. The summed E-state index contributed by atoms with van der Waals surface area (Å²) in [6.45, 7) is 6.89. The molecule has 0 aromatic heterocycles. The number of unbranched alkanes of at least 4 members (excludes halogenated alkanes) is 3. The zero-order valence-corrected chi connectivity index (χ0v) is 21.4. The third kappa shape index (κ3) is 5.46. The molecule has 0 saturated carbocycles. The van der Waals surface area contributed by atoms with Crippen molar-refractivity contribution in [2.75, 3.05) is 0 Å². The van der Waals surface area contributed by atoms with Crippen LogP contribution in [0.2, 0.25) is 0 Å². The Kier molecular flexibility index (Phi) is 9.41. The van der Waals surface area contributed by atoms with Crippen molar-refractivity contribution in [2.24, 2.45) is 0 Å². The Labute approximate surface area is 198 Å². The quantitative estimate of drug-likeness (QED) is 0.246. The minimum absolute atomic E-state index is 1.14. The van der Waals surface area contributed by atoms with E-state index in [0.717, 1.165) is 6.42 Å². The Hall–Kier alpha value is -2.06. The first-order valence-corrected chi connectivity index (χ1v) is 14.8. The van der Waals surface area contributed by atoms with Crippen molar-refractivity contribution >= 4 is 30.9 Å². The first kappa shape index (κ1) is 24.6. The van der Waals surface area contributed by atoms with Crippen LogP contribution in [0.15, 0.2) is 72.8 Å². The van der Waals surface area contributed by atoms with Gasteiger partial charge in [0.25, 0.3) is 0 Å². The molecule has 2 heteroatoms. The van der Waals surface area contributed by atoms with Crippen LogP contribution >= 0.6 is 0 Å². The summed E-state index contributed by atoms with van der Waals surface area (Å²) in [5.41, 5.74) is 4.74. The second-order valence-corrected chi connectivity index (χ2v) is 12.4. The van der Waals surface area contributed by atoms with E-state index in [0.29, 0.717) is 0 Å². The number of hydrogen-bond donors (Lipinski definition) is 0. The zero-order chi connectivity index (χ0) is 22.8. The van der Waals surface area contributed by atoms with E-state index in [9.17, 15) is 0 Å². The van der Waals surface area contributed by atoms with E-state index in [2.05, 4.69) is 93.6 Å². The van der Waals surface area contributed by atoms with Gasteiger partial charge in [-0.05, 0) is 55.2 Å². The van der Waals surface area contributed by atoms with Crippen LogP contribution in [0.1, 0.15) is 76.0 Å². The average Bonchev–Trinajstić information content (AvgIpc) is 2.85. The van der Waals surface area contributed by atoms with Crippen LogP contribution in [0.4, 0.5) is 0 Å². The van der Waals surface area contributed by atoms with Crippen LogP contribution in [0, 0.1) is 0 Å². The van der Waals surface area contributed by atoms with Crippen molar-refractivity contribution in [3.63, 3.8) is 0 Å². The molecule has 0 aliphatic carbocycles. The minimum Gasteiger partial charge on any atom is -0.0654 e. The second-order valence-electron chi connectivity index (χ2n) is 9.08. The van der Waals surface area contributed by atoms with Gasteiger partial charge in [-0.15, -0.1) is 0 Å². The molecule has 32 heavy (non-hydrogen) atoms. The van der Waals surface area contributed by atoms with Crippen LogP contribution < -0.4 is 15.6 Å². The number of rotatable bonds is 12. The molecule has 166 valence electrons. The van der Waals surface area contributed by atoms with E-state index in [-0.39, 0.29) is 0 Å². The molecular formula is C30H39BSi. The maximum Gasteiger partial charge on any atom is 0.103 e. The third-order valence-electron chi connectivity index (χ3n) is 6.77. The lowest BCUT2D eigenvalue weighted by molar-refractivity contribution is 0.737. The standard InChI is InChI=1S/C30H39BSi/c1-4-7-16-25-23-24-30(29(22-9-6-3)28(25)21-8-5-2)32(31,26-17-12-10-13-18-26)27-19-14-11-15-20-27/h10-15,17-20,23-24H,4-9,16,21-22H2,1-3H3. The van der Waals surface area contributed by atoms with Crippen LogP contribution in [-0.4, -0.2) is 15.4 Å². The Morgan fingerprint density at radius 3 is 1.53 bits per heavy atom. The molecule has 0 bridgehead atoms. The molecule has 0 N–H and O–H groups in total. The molecule has 3 aromatic carbocycles. The molecule has 3 aromatic rings. The monoisotopic (exact) mass is 438 g/mol. The smallest absolute Gasteiger partial charge is 0.0654 e. The van der Waals surface area contributed by atoms with Gasteiger partial charge in [-0.1, -0.05) is 128 Å². The van der Waals surface area contributed by atoms with Gasteiger partial charge in [0.1, 0.15) is 7.94 Å². The van der Waals surface area contributed by atoms with Gasteiger partial charge in [0.05, 0.1) is 7.44 Å². The van der Waals surface area contributed by atoms with Gasteiger partial charge in [-0.25, -0.2) is 0 Å². The Bertz CT molecular complexity index is 910. The van der Waals surface area contributed by atoms with Gasteiger partial charge in [0.15, 0.2) is 0 Å². The average molecular weight is 439 g/mol. The van der Waals surface area contributed by atoms with Crippen molar-refractivity contribution in [3.8, 4) is 0 Å². The Balaban J connectivity index is 2.27. The van der Waals surface area contributed by atoms with Crippen molar-refractivity contribution in [2.45, 2.75) is 78.6 Å². The van der Waals surface area contributed by atoms with Crippen molar-refractivity contribution < 1.29 is 0 Å². The number of hydrogen-bond acceptors (Lipinski definition) is 0. The van der Waals surface area contributed by atoms with Gasteiger partial charge in [0, 0.05) is 0 Å². The highest BCUT2D eigenvalue weighted by atomic mass is 28.3. The van der Waals surface area contributed by atoms with Gasteiger partial charge < -0.3 is 0 Å². The molecule has 0 atom stereocenters. The molecule has 0 nitrogen and oxygen atoms in total. The molecular weight excluding hydrogens is 399 g/mol. The van der Waals surface area contributed by atoms with Crippen LogP contribution in [0.5, 0.6) is 0 Å². The summed E-state index contributed by atoms with van der Waals surface area (Å²) in [5.74, 6) is 0. The first-order chi connectivity index (χ1) is 15.7. The zero-order valence-electron chi connectivity index (χ0n) is 20.4. The van der Waals surface area contributed by atoms with E-state index < -0.39 is 7.94 Å². The topological polar surface area (TPSA) is 0 Å². The molecule has 0 spiro atoms. The molecule has 3 rings (SSSR count). The Morgan fingerprint density at radius 2 is 1.03 bits per heavy atom. The number of benzene rings is 3. The lowest BCUT2D eigenvalue weighted by Gasteiger charge is -2.34. The lowest BCUT2D eigenvalue weighted by atomic mass is 9.91. The molecule has 2 radical (unpaired) electrons. The Morgan fingerprint density at radius 1 is 0.562 bits per heavy atom. The normalized spacial score (nSPS) is 11.6. The summed E-state index contributed by atoms with van der Waals surface area (Å²) >= 11 is 0. The van der Waals surface area contributed by atoms with Gasteiger partial charge in [-0.3, -0.25) is 0 Å². The van der Waals surface area contributed by atoms with Crippen LogP contribution in [-0.2, 0) is 19.3 Å². The van der Waals surface area contributed by atoms with E-state index in [1.807, 2.05) is 0 Å². The van der Waals surface area contributed by atoms with Crippen LogP contribution in [0.3, 0.4) is 0 Å². The predicted octanol–water partition coefficient (Wildman–Crippen LogP) is 5.85. The van der Waals surface area contributed by atoms with Crippen molar-refractivity contribution in [3.05, 3.63) is 89.5 Å². The van der Waals surface area contributed by atoms with Gasteiger partial charge in [0.2, 0.25) is 0 Å². The van der Waals surface area contributed by atoms with Crippen LogP contribution in [0.25, 0.3) is 0 Å². The lowest BCUT2D eigenvalue weighted by Crippen LogP contribution is -2.69. The maximum absolute atomic E-state index is 7.62. The van der Waals surface area contributed by atoms with E-state index in [1.54, 1.807) is 16.7 Å². The van der Waals surface area contributed by atoms with Gasteiger partial charge in [-0.2, -0.15) is 0 Å². The molecule has 0 aliphatic rings. The van der Waals surface area contributed by atoms with Gasteiger partial charge >= 0.3 is 0 Å². The fourth-order valence-corrected chi connectivity index (χ4v) is 8.39. The molecule has 0 fully saturated rings. The molecule has 0 heterocycles. The predicted molar refractivity (Wildman–Crippen MR) is 146 cm³/mol. The first-order valence-electron chi connectivity index (χ1n) is 12.7. The summed E-state index contributed by atoms with van der Waals surface area (Å²) in [5, 5.41) is 4.02. The highest BCUT2D eigenvalue weighted by Gasteiger charge is 2.35. The molecule has 0 aliphatic heterocycles. The highest BCUT2D eigenvalue weighted by molar-refractivity contribution is 7.38. The maximum atomic E-state index is 7.62. The second kappa shape index (κ2) is 12.3. The van der Waals surface area contributed by atoms with E-state index in [1.165, 1.54) is 66.9 Å². The number of aryl methyl sites for hydroxylation is 1. The van der Waals surface area contributed by atoms with E-state index in [4.69, 9.17) is 7.44 Å². The third-order valence-corrected chi connectivity index (χ3v) is 10.6. The summed E-state index contributed by atoms with van der Waals surface area (Å²) in [4.78, 5) is 0. The molecule has 0 amide bonds. The largest absolute Gasteiger partial charge is 0.103 e. The van der Waals surface area contributed by atoms with Crippen molar-refractivity contribution in [1.82, 2.24) is 0 Å². The fraction of sp³-hybridized carbons (Fsp3) is 0.400. The summed E-state index contributed by atoms with van der Waals surface area (Å²) < 4.78 is 0.